The Labute approximate surface area is 153 Å². The van der Waals surface area contributed by atoms with E-state index in [4.69, 9.17) is 11.6 Å². The summed E-state index contributed by atoms with van der Waals surface area (Å²) in [6.45, 7) is 5.43. The van der Waals surface area contributed by atoms with E-state index in [0.717, 1.165) is 32.4 Å². The first kappa shape index (κ1) is 18.6. The summed E-state index contributed by atoms with van der Waals surface area (Å²) in [5, 5.41) is 0.460. The number of hydrazine groups is 1. The summed E-state index contributed by atoms with van der Waals surface area (Å²) in [5.74, 6) is -0.108. The predicted molar refractivity (Wildman–Crippen MR) is 96.6 cm³/mol. The van der Waals surface area contributed by atoms with Crippen molar-refractivity contribution in [1.82, 2.24) is 20.7 Å². The van der Waals surface area contributed by atoms with Gasteiger partial charge in [0, 0.05) is 49.4 Å². The van der Waals surface area contributed by atoms with E-state index in [2.05, 4.69) is 22.7 Å². The Balaban J connectivity index is 1.49. The van der Waals surface area contributed by atoms with Gasteiger partial charge < -0.3 is 4.90 Å². The third kappa shape index (κ3) is 4.50. The highest BCUT2D eigenvalue weighted by atomic mass is 35.5. The molecule has 2 atom stereocenters. The van der Waals surface area contributed by atoms with E-state index >= 15 is 0 Å². The van der Waals surface area contributed by atoms with Gasteiger partial charge >= 0.3 is 0 Å². The topological polar surface area (TPSA) is 47.6 Å². The van der Waals surface area contributed by atoms with E-state index in [0.29, 0.717) is 36.3 Å². The van der Waals surface area contributed by atoms with Crippen molar-refractivity contribution in [2.24, 2.45) is 0 Å². The molecule has 2 aliphatic heterocycles. The molecule has 25 heavy (non-hydrogen) atoms. The van der Waals surface area contributed by atoms with Gasteiger partial charge in [0.25, 0.3) is 0 Å². The quantitative estimate of drug-likeness (QED) is 0.836. The third-order valence-electron chi connectivity index (χ3n) is 5.04. The number of nitrogens with zero attached hydrogens (tertiary/aromatic N) is 2. The van der Waals surface area contributed by atoms with Gasteiger partial charge in [0.1, 0.15) is 11.9 Å². The number of hydrogen-bond acceptors (Lipinski definition) is 4. The summed E-state index contributed by atoms with van der Waals surface area (Å²) in [7, 11) is 0. The van der Waals surface area contributed by atoms with Crippen LogP contribution in [0.1, 0.15) is 31.7 Å². The van der Waals surface area contributed by atoms with Crippen LogP contribution in [0.15, 0.2) is 18.2 Å². The Kier molecular flexibility index (Phi) is 6.28. The molecule has 1 amide bonds. The molecule has 0 saturated carbocycles. The van der Waals surface area contributed by atoms with Crippen LogP contribution in [0.3, 0.4) is 0 Å². The second-order valence-electron chi connectivity index (χ2n) is 6.86. The summed E-state index contributed by atoms with van der Waals surface area (Å²) in [6.07, 6.45) is 3.03. The molecule has 2 N–H and O–H groups in total. The molecule has 0 spiro atoms. The molecule has 0 bridgehead atoms. The standard InChI is InChI=1S/C18H26ClFN4O/c1-2-4-13-11-17(22-21-13)18(25)24-9-7-23(8-10-24)12-14-15(19)5-3-6-16(14)20/h3,5-6,13,17,21-22H,2,4,7-12H2,1H3. The maximum atomic E-state index is 13.9. The highest BCUT2D eigenvalue weighted by Crippen LogP contribution is 2.21. The van der Waals surface area contributed by atoms with Crippen LogP contribution in [0, 0.1) is 5.82 Å². The Bertz CT molecular complexity index is 586. The van der Waals surface area contributed by atoms with E-state index in [1.165, 1.54) is 6.07 Å². The second kappa shape index (κ2) is 8.45. The fourth-order valence-electron chi connectivity index (χ4n) is 3.58. The molecule has 0 aliphatic carbocycles. The highest BCUT2D eigenvalue weighted by molar-refractivity contribution is 6.31. The van der Waals surface area contributed by atoms with Gasteiger partial charge in [-0.3, -0.25) is 15.1 Å². The van der Waals surface area contributed by atoms with Crippen molar-refractivity contribution in [3.05, 3.63) is 34.6 Å². The first-order chi connectivity index (χ1) is 12.1. The molecule has 0 radical (unpaired) electrons. The first-order valence-electron chi connectivity index (χ1n) is 9.03. The summed E-state index contributed by atoms with van der Waals surface area (Å²) < 4.78 is 13.9. The van der Waals surface area contributed by atoms with Crippen LogP contribution in [-0.2, 0) is 11.3 Å². The number of benzene rings is 1. The molecule has 2 fully saturated rings. The van der Waals surface area contributed by atoms with Gasteiger partial charge in [-0.25, -0.2) is 9.82 Å². The average Bonchev–Trinajstić information content (AvgIpc) is 3.07. The molecule has 138 valence electrons. The zero-order valence-electron chi connectivity index (χ0n) is 14.6. The Morgan fingerprint density at radius 1 is 1.28 bits per heavy atom. The van der Waals surface area contributed by atoms with Gasteiger partial charge in [-0.15, -0.1) is 0 Å². The van der Waals surface area contributed by atoms with Crippen molar-refractivity contribution >= 4 is 17.5 Å². The molecule has 3 rings (SSSR count). The van der Waals surface area contributed by atoms with Crippen LogP contribution in [0.25, 0.3) is 0 Å². The van der Waals surface area contributed by atoms with Gasteiger partial charge in [-0.2, -0.15) is 0 Å². The molecule has 7 heteroatoms. The van der Waals surface area contributed by atoms with E-state index in [1.807, 2.05) is 4.90 Å². The Morgan fingerprint density at radius 3 is 2.72 bits per heavy atom. The van der Waals surface area contributed by atoms with Crippen molar-refractivity contribution in [2.45, 2.75) is 44.8 Å². The van der Waals surface area contributed by atoms with Gasteiger partial charge in [0.15, 0.2) is 0 Å². The molecular formula is C18H26ClFN4O. The maximum absolute atomic E-state index is 13.9. The lowest BCUT2D eigenvalue weighted by molar-refractivity contribution is -0.135. The summed E-state index contributed by atoms with van der Waals surface area (Å²) >= 11 is 6.11. The van der Waals surface area contributed by atoms with Gasteiger partial charge in [0.2, 0.25) is 5.91 Å². The lowest BCUT2D eigenvalue weighted by Crippen LogP contribution is -2.53. The maximum Gasteiger partial charge on any atom is 0.241 e. The Morgan fingerprint density at radius 2 is 2.04 bits per heavy atom. The smallest absolute Gasteiger partial charge is 0.241 e. The largest absolute Gasteiger partial charge is 0.339 e. The minimum absolute atomic E-state index is 0.135. The van der Waals surface area contributed by atoms with Gasteiger partial charge in [-0.1, -0.05) is 31.0 Å². The van der Waals surface area contributed by atoms with Crippen molar-refractivity contribution < 1.29 is 9.18 Å². The SMILES string of the molecule is CCCC1CC(C(=O)N2CCN(Cc3c(F)cccc3Cl)CC2)NN1. The minimum atomic E-state index is -0.269. The molecule has 2 aliphatic rings. The first-order valence-corrected chi connectivity index (χ1v) is 9.41. The number of hydrogen-bond donors (Lipinski definition) is 2. The van der Waals surface area contributed by atoms with Crippen LogP contribution in [0.5, 0.6) is 0 Å². The Hall–Kier alpha value is -1.21. The molecule has 5 nitrogen and oxygen atoms in total. The van der Waals surface area contributed by atoms with Crippen LogP contribution in [0.2, 0.25) is 5.02 Å². The molecule has 1 aromatic carbocycles. The number of nitrogens with one attached hydrogen (secondary N) is 2. The van der Waals surface area contributed by atoms with E-state index in [9.17, 15) is 9.18 Å². The predicted octanol–water partition coefficient (Wildman–Crippen LogP) is 2.16. The molecule has 2 heterocycles. The lowest BCUT2D eigenvalue weighted by atomic mass is 10.0. The monoisotopic (exact) mass is 368 g/mol. The van der Waals surface area contributed by atoms with Crippen LogP contribution in [-0.4, -0.2) is 54.0 Å². The van der Waals surface area contributed by atoms with Crippen LogP contribution in [0.4, 0.5) is 4.39 Å². The van der Waals surface area contributed by atoms with Gasteiger partial charge in [0.05, 0.1) is 0 Å². The zero-order valence-corrected chi connectivity index (χ0v) is 15.4. The third-order valence-corrected chi connectivity index (χ3v) is 5.40. The summed E-state index contributed by atoms with van der Waals surface area (Å²) in [5.41, 5.74) is 6.89. The number of amides is 1. The molecule has 1 aromatic rings. The van der Waals surface area contributed by atoms with Crippen molar-refractivity contribution in [3.8, 4) is 0 Å². The molecule has 0 aromatic heterocycles. The summed E-state index contributed by atoms with van der Waals surface area (Å²) in [4.78, 5) is 16.7. The van der Waals surface area contributed by atoms with Crippen molar-refractivity contribution in [1.29, 1.82) is 0 Å². The number of piperazine rings is 1. The fourth-order valence-corrected chi connectivity index (χ4v) is 3.80. The second-order valence-corrected chi connectivity index (χ2v) is 7.27. The average molecular weight is 369 g/mol. The van der Waals surface area contributed by atoms with Crippen LogP contribution >= 0.6 is 11.6 Å². The number of halogens is 2. The van der Waals surface area contributed by atoms with Crippen LogP contribution < -0.4 is 10.9 Å². The van der Waals surface area contributed by atoms with Crippen molar-refractivity contribution in [2.75, 3.05) is 26.2 Å². The number of rotatable bonds is 5. The molecule has 2 saturated heterocycles. The van der Waals surface area contributed by atoms with Gasteiger partial charge in [-0.05, 0) is 25.0 Å². The number of carbonyl (C=O) groups excluding carboxylic acids is 1. The zero-order chi connectivity index (χ0) is 17.8. The molecular weight excluding hydrogens is 343 g/mol. The molecule has 2 unspecified atom stereocenters. The number of carbonyl (C=O) groups is 1. The fraction of sp³-hybridized carbons (Fsp3) is 0.611. The summed E-state index contributed by atoms with van der Waals surface area (Å²) in [6, 6.07) is 5.01. The van der Waals surface area contributed by atoms with E-state index < -0.39 is 0 Å². The van der Waals surface area contributed by atoms with E-state index in [-0.39, 0.29) is 17.8 Å². The van der Waals surface area contributed by atoms with Crippen molar-refractivity contribution in [3.63, 3.8) is 0 Å². The van der Waals surface area contributed by atoms with E-state index in [1.54, 1.807) is 12.1 Å². The lowest BCUT2D eigenvalue weighted by Gasteiger charge is -2.36. The normalized spacial score (nSPS) is 24.7. The minimum Gasteiger partial charge on any atom is -0.339 e. The highest BCUT2D eigenvalue weighted by Gasteiger charge is 2.33.